The first-order valence-corrected chi connectivity index (χ1v) is 6.37. The van der Waals surface area contributed by atoms with Crippen LogP contribution in [0.25, 0.3) is 0 Å². The lowest BCUT2D eigenvalue weighted by atomic mass is 9.81. The molecule has 2 N–H and O–H groups in total. The molecule has 17 heavy (non-hydrogen) atoms. The number of hydrogen-bond donors (Lipinski definition) is 2. The van der Waals surface area contributed by atoms with E-state index in [0.717, 1.165) is 10.6 Å². The Kier molecular flexibility index (Phi) is 4.26. The first kappa shape index (κ1) is 12.2. The molecule has 0 aliphatic rings. The summed E-state index contributed by atoms with van der Waals surface area (Å²) in [5.41, 5.74) is 1.80. The van der Waals surface area contributed by atoms with Crippen LogP contribution in [0.5, 0.6) is 0 Å². The summed E-state index contributed by atoms with van der Waals surface area (Å²) in [4.78, 5) is 1.12. The van der Waals surface area contributed by atoms with Crippen LogP contribution in [0, 0.1) is 0 Å². The van der Waals surface area contributed by atoms with Crippen LogP contribution in [-0.2, 0) is 5.75 Å². The van der Waals surface area contributed by atoms with E-state index < -0.39 is 7.12 Å². The minimum absolute atomic E-state index is 0.522. The molecule has 0 aromatic heterocycles. The van der Waals surface area contributed by atoms with E-state index in [2.05, 4.69) is 12.1 Å². The minimum Gasteiger partial charge on any atom is -0.423 e. The lowest BCUT2D eigenvalue weighted by Crippen LogP contribution is -2.29. The van der Waals surface area contributed by atoms with Gasteiger partial charge in [0.1, 0.15) is 0 Å². The highest BCUT2D eigenvalue weighted by atomic mass is 32.2. The molecule has 0 atom stereocenters. The maximum atomic E-state index is 8.97. The maximum absolute atomic E-state index is 8.97. The van der Waals surface area contributed by atoms with Gasteiger partial charge in [-0.05, 0) is 23.2 Å². The first-order valence-electron chi connectivity index (χ1n) is 5.38. The van der Waals surface area contributed by atoms with Gasteiger partial charge in [-0.25, -0.2) is 0 Å². The van der Waals surface area contributed by atoms with Crippen LogP contribution in [0.2, 0.25) is 0 Å². The van der Waals surface area contributed by atoms with Gasteiger partial charge >= 0.3 is 7.12 Å². The van der Waals surface area contributed by atoms with Gasteiger partial charge in [0.25, 0.3) is 0 Å². The molecular weight excluding hydrogens is 231 g/mol. The topological polar surface area (TPSA) is 40.5 Å². The summed E-state index contributed by atoms with van der Waals surface area (Å²) in [5, 5.41) is 17.9. The highest BCUT2D eigenvalue weighted by Gasteiger charge is 2.09. The molecule has 2 rings (SSSR count). The van der Waals surface area contributed by atoms with E-state index in [4.69, 9.17) is 10.0 Å². The zero-order chi connectivity index (χ0) is 12.1. The minimum atomic E-state index is -1.39. The van der Waals surface area contributed by atoms with Gasteiger partial charge < -0.3 is 10.0 Å². The van der Waals surface area contributed by atoms with E-state index in [0.29, 0.717) is 5.46 Å². The van der Waals surface area contributed by atoms with Crippen molar-refractivity contribution in [2.24, 2.45) is 0 Å². The maximum Gasteiger partial charge on any atom is 0.488 e. The summed E-state index contributed by atoms with van der Waals surface area (Å²) in [5.74, 6) is 0.919. The van der Waals surface area contributed by atoms with Crippen LogP contribution in [-0.4, -0.2) is 17.2 Å². The largest absolute Gasteiger partial charge is 0.488 e. The van der Waals surface area contributed by atoms with Gasteiger partial charge in [0.15, 0.2) is 0 Å². The summed E-state index contributed by atoms with van der Waals surface area (Å²) in [6.45, 7) is 0. The molecule has 0 aliphatic carbocycles. The third kappa shape index (κ3) is 3.63. The SMILES string of the molecule is OB(O)c1ccc(SCc2ccccc2)cc1. The Balaban J connectivity index is 1.96. The Morgan fingerprint density at radius 1 is 0.882 bits per heavy atom. The predicted octanol–water partition coefficient (Wildman–Crippen LogP) is 1.66. The third-order valence-electron chi connectivity index (χ3n) is 2.43. The smallest absolute Gasteiger partial charge is 0.423 e. The average Bonchev–Trinajstić information content (AvgIpc) is 2.38. The lowest BCUT2D eigenvalue weighted by Gasteiger charge is -2.03. The summed E-state index contributed by atoms with van der Waals surface area (Å²) in [6.07, 6.45) is 0. The number of thioether (sulfide) groups is 1. The Morgan fingerprint density at radius 3 is 2.12 bits per heavy atom. The van der Waals surface area contributed by atoms with Crippen molar-refractivity contribution in [2.75, 3.05) is 0 Å². The van der Waals surface area contributed by atoms with E-state index in [1.54, 1.807) is 23.9 Å². The average molecular weight is 244 g/mol. The van der Waals surface area contributed by atoms with Gasteiger partial charge in [-0.1, -0.05) is 42.5 Å². The van der Waals surface area contributed by atoms with Gasteiger partial charge in [0.05, 0.1) is 0 Å². The van der Waals surface area contributed by atoms with Crippen molar-refractivity contribution < 1.29 is 10.0 Å². The molecule has 0 bridgehead atoms. The van der Waals surface area contributed by atoms with Crippen LogP contribution in [0.4, 0.5) is 0 Å². The quantitative estimate of drug-likeness (QED) is 0.634. The standard InChI is InChI=1S/C13H13BO2S/c15-14(16)12-6-8-13(9-7-12)17-10-11-4-2-1-3-5-11/h1-9,15-16H,10H2. The number of hydrogen-bond acceptors (Lipinski definition) is 3. The Hall–Kier alpha value is -1.23. The second-order valence-corrected chi connectivity index (χ2v) is 4.77. The van der Waals surface area contributed by atoms with E-state index in [1.807, 2.05) is 30.3 Å². The molecule has 0 saturated heterocycles. The molecule has 86 valence electrons. The van der Waals surface area contributed by atoms with Gasteiger partial charge in [0.2, 0.25) is 0 Å². The van der Waals surface area contributed by atoms with E-state index >= 15 is 0 Å². The Labute approximate surface area is 105 Å². The summed E-state index contributed by atoms with van der Waals surface area (Å²) < 4.78 is 0. The molecule has 0 spiro atoms. The van der Waals surface area contributed by atoms with E-state index in [9.17, 15) is 0 Å². The van der Waals surface area contributed by atoms with Gasteiger partial charge in [-0.15, -0.1) is 11.8 Å². The highest BCUT2D eigenvalue weighted by Crippen LogP contribution is 2.21. The van der Waals surface area contributed by atoms with E-state index in [1.165, 1.54) is 5.56 Å². The molecule has 0 unspecified atom stereocenters. The summed E-state index contributed by atoms with van der Waals surface area (Å²) in [6, 6.07) is 17.5. The predicted molar refractivity (Wildman–Crippen MR) is 72.3 cm³/mol. The van der Waals surface area contributed by atoms with Crippen LogP contribution in [0.3, 0.4) is 0 Å². The van der Waals surface area contributed by atoms with Crippen molar-refractivity contribution in [3.8, 4) is 0 Å². The summed E-state index contributed by atoms with van der Waals surface area (Å²) >= 11 is 1.73. The number of rotatable bonds is 4. The molecule has 2 aromatic carbocycles. The van der Waals surface area contributed by atoms with Gasteiger partial charge in [-0.2, -0.15) is 0 Å². The van der Waals surface area contributed by atoms with Crippen molar-refractivity contribution in [3.63, 3.8) is 0 Å². The first-order chi connectivity index (χ1) is 8.25. The van der Waals surface area contributed by atoms with Crippen molar-refractivity contribution >= 4 is 24.3 Å². The molecule has 0 radical (unpaired) electrons. The highest BCUT2D eigenvalue weighted by molar-refractivity contribution is 7.98. The molecule has 0 heterocycles. The van der Waals surface area contributed by atoms with Crippen LogP contribution in [0.15, 0.2) is 59.5 Å². The van der Waals surface area contributed by atoms with Crippen molar-refractivity contribution in [1.82, 2.24) is 0 Å². The van der Waals surface area contributed by atoms with Crippen molar-refractivity contribution in [2.45, 2.75) is 10.6 Å². The zero-order valence-electron chi connectivity index (χ0n) is 9.28. The molecule has 2 aromatic rings. The number of benzene rings is 2. The molecular formula is C13H13BO2S. The Morgan fingerprint density at radius 2 is 1.53 bits per heavy atom. The molecule has 0 aliphatic heterocycles. The second kappa shape index (κ2) is 5.91. The van der Waals surface area contributed by atoms with Crippen LogP contribution < -0.4 is 5.46 Å². The monoisotopic (exact) mass is 244 g/mol. The Bertz CT molecular complexity index is 457. The van der Waals surface area contributed by atoms with Gasteiger partial charge in [-0.3, -0.25) is 0 Å². The third-order valence-corrected chi connectivity index (χ3v) is 3.51. The fourth-order valence-electron chi connectivity index (χ4n) is 1.48. The lowest BCUT2D eigenvalue weighted by molar-refractivity contribution is 0.426. The molecule has 0 fully saturated rings. The molecule has 0 saturated carbocycles. The van der Waals surface area contributed by atoms with Crippen LogP contribution in [0.1, 0.15) is 5.56 Å². The van der Waals surface area contributed by atoms with E-state index in [-0.39, 0.29) is 0 Å². The molecule has 4 heteroatoms. The van der Waals surface area contributed by atoms with Crippen molar-refractivity contribution in [1.29, 1.82) is 0 Å². The van der Waals surface area contributed by atoms with Gasteiger partial charge in [0, 0.05) is 10.6 Å². The second-order valence-electron chi connectivity index (χ2n) is 3.72. The zero-order valence-corrected chi connectivity index (χ0v) is 10.1. The fraction of sp³-hybridized carbons (Fsp3) is 0.0769. The molecule has 2 nitrogen and oxygen atoms in total. The fourth-order valence-corrected chi connectivity index (χ4v) is 2.33. The molecule has 0 amide bonds. The van der Waals surface area contributed by atoms with Crippen molar-refractivity contribution in [3.05, 3.63) is 60.2 Å². The van der Waals surface area contributed by atoms with Crippen LogP contribution >= 0.6 is 11.8 Å². The summed E-state index contributed by atoms with van der Waals surface area (Å²) in [7, 11) is -1.39. The normalized spacial score (nSPS) is 10.2.